The highest BCUT2D eigenvalue weighted by atomic mass is 19.1. The van der Waals surface area contributed by atoms with Gasteiger partial charge < -0.3 is 10.7 Å². The fourth-order valence-electron chi connectivity index (χ4n) is 1.92. The molecule has 0 aliphatic rings. The number of aromatic nitrogens is 1. The molecule has 0 atom stereocenters. The molecule has 0 saturated carbocycles. The third-order valence-corrected chi connectivity index (χ3v) is 2.75. The molecule has 2 rings (SSSR count). The first-order valence-electron chi connectivity index (χ1n) is 5.14. The molecule has 1 aromatic carbocycles. The molecule has 16 heavy (non-hydrogen) atoms. The molecule has 0 aliphatic carbocycles. The lowest BCUT2D eigenvalue weighted by atomic mass is 10.0. The minimum atomic E-state index is -0.353. The van der Waals surface area contributed by atoms with E-state index < -0.39 is 0 Å². The zero-order valence-corrected chi connectivity index (χ0v) is 9.01. The molecule has 1 aromatic heterocycles. The molecule has 0 fully saturated rings. The molecule has 0 radical (unpaired) electrons. The molecule has 1 heterocycles. The number of hydrogen-bond acceptors (Lipinski definition) is 2. The Labute approximate surface area is 92.1 Å². The number of aryl methyl sites for hydroxylation is 1. The summed E-state index contributed by atoms with van der Waals surface area (Å²) in [4.78, 5) is 14.4. The molecule has 3 nitrogen and oxygen atoms in total. The molecular weight excluding hydrogens is 207 g/mol. The molecule has 4 heteroatoms. The van der Waals surface area contributed by atoms with E-state index in [2.05, 4.69) is 4.98 Å². The molecule has 0 spiro atoms. The number of hydrogen-bond donors (Lipinski definition) is 2. The van der Waals surface area contributed by atoms with Gasteiger partial charge >= 0.3 is 0 Å². The number of rotatable bonds is 2. The predicted molar refractivity (Wildman–Crippen MR) is 62.0 cm³/mol. The van der Waals surface area contributed by atoms with Crippen LogP contribution in [0.4, 0.5) is 4.39 Å². The van der Waals surface area contributed by atoms with E-state index in [1.165, 1.54) is 12.1 Å². The van der Waals surface area contributed by atoms with Gasteiger partial charge in [0.05, 0.1) is 5.52 Å². The van der Waals surface area contributed by atoms with Crippen LogP contribution in [0.25, 0.3) is 10.9 Å². The number of aromatic amines is 1. The average Bonchev–Trinajstić information content (AvgIpc) is 2.23. The highest BCUT2D eigenvalue weighted by Gasteiger charge is 2.08. The number of benzene rings is 1. The summed E-state index contributed by atoms with van der Waals surface area (Å²) in [5, 5.41) is 0.865. The second kappa shape index (κ2) is 4.06. The maximum Gasteiger partial charge on any atom is 0.251 e. The highest BCUT2D eigenvalue weighted by Crippen LogP contribution is 2.18. The van der Waals surface area contributed by atoms with Crippen LogP contribution in [0.15, 0.2) is 23.0 Å². The average molecular weight is 220 g/mol. The SMILES string of the molecule is Cc1c(CCN)c(=O)[nH]c2cc(F)ccc12. The molecule has 2 aromatic rings. The van der Waals surface area contributed by atoms with Gasteiger partial charge in [0.25, 0.3) is 5.56 Å². The molecule has 0 amide bonds. The zero-order chi connectivity index (χ0) is 11.7. The third-order valence-electron chi connectivity index (χ3n) is 2.75. The maximum absolute atomic E-state index is 13.0. The fraction of sp³-hybridized carbons (Fsp3) is 0.250. The van der Waals surface area contributed by atoms with Gasteiger partial charge in [-0.1, -0.05) is 0 Å². The van der Waals surface area contributed by atoms with Gasteiger partial charge in [0, 0.05) is 10.9 Å². The van der Waals surface area contributed by atoms with Crippen LogP contribution in [0, 0.1) is 12.7 Å². The minimum Gasteiger partial charge on any atom is -0.330 e. The van der Waals surface area contributed by atoms with Crippen molar-refractivity contribution in [2.75, 3.05) is 6.54 Å². The number of halogens is 1. The van der Waals surface area contributed by atoms with Crippen LogP contribution in [-0.4, -0.2) is 11.5 Å². The summed E-state index contributed by atoms with van der Waals surface area (Å²) in [6, 6.07) is 4.39. The van der Waals surface area contributed by atoms with Gasteiger partial charge in [-0.2, -0.15) is 0 Å². The first-order valence-corrected chi connectivity index (χ1v) is 5.14. The van der Waals surface area contributed by atoms with E-state index in [1.54, 1.807) is 6.07 Å². The zero-order valence-electron chi connectivity index (χ0n) is 9.01. The van der Waals surface area contributed by atoms with Gasteiger partial charge in [0.2, 0.25) is 0 Å². The molecule has 3 N–H and O–H groups in total. The summed E-state index contributed by atoms with van der Waals surface area (Å²) in [5.41, 5.74) is 7.37. The van der Waals surface area contributed by atoms with Gasteiger partial charge in [-0.15, -0.1) is 0 Å². The predicted octanol–water partition coefficient (Wildman–Crippen LogP) is 1.48. The fourth-order valence-corrected chi connectivity index (χ4v) is 1.92. The van der Waals surface area contributed by atoms with Crippen molar-refractivity contribution in [1.29, 1.82) is 0 Å². The molecular formula is C12H13FN2O. The van der Waals surface area contributed by atoms with Crippen molar-refractivity contribution in [2.45, 2.75) is 13.3 Å². The Balaban J connectivity index is 2.78. The van der Waals surface area contributed by atoms with Crippen molar-refractivity contribution < 1.29 is 4.39 Å². The van der Waals surface area contributed by atoms with Crippen molar-refractivity contribution >= 4 is 10.9 Å². The van der Waals surface area contributed by atoms with Gasteiger partial charge in [-0.05, 0) is 43.7 Å². The van der Waals surface area contributed by atoms with Crippen LogP contribution in [0.3, 0.4) is 0 Å². The second-order valence-electron chi connectivity index (χ2n) is 3.79. The Morgan fingerprint density at radius 3 is 2.88 bits per heavy atom. The van der Waals surface area contributed by atoms with E-state index in [0.29, 0.717) is 24.0 Å². The second-order valence-corrected chi connectivity index (χ2v) is 3.79. The highest BCUT2D eigenvalue weighted by molar-refractivity contribution is 5.82. The number of fused-ring (bicyclic) bond motifs is 1. The van der Waals surface area contributed by atoms with Gasteiger partial charge in [0.1, 0.15) is 5.82 Å². The number of pyridine rings is 1. The van der Waals surface area contributed by atoms with E-state index >= 15 is 0 Å². The summed E-state index contributed by atoms with van der Waals surface area (Å²) in [6.45, 7) is 2.29. The van der Waals surface area contributed by atoms with Crippen LogP contribution >= 0.6 is 0 Å². The quantitative estimate of drug-likeness (QED) is 0.805. The van der Waals surface area contributed by atoms with Crippen molar-refractivity contribution in [3.63, 3.8) is 0 Å². The van der Waals surface area contributed by atoms with Gasteiger partial charge in [-0.25, -0.2) is 4.39 Å². The molecule has 0 bridgehead atoms. The van der Waals surface area contributed by atoms with E-state index in [0.717, 1.165) is 10.9 Å². The van der Waals surface area contributed by atoms with Crippen LogP contribution in [-0.2, 0) is 6.42 Å². The third kappa shape index (κ3) is 1.72. The van der Waals surface area contributed by atoms with E-state index in [1.807, 2.05) is 6.92 Å². The van der Waals surface area contributed by atoms with E-state index in [9.17, 15) is 9.18 Å². The summed E-state index contributed by atoms with van der Waals surface area (Å²) < 4.78 is 13.0. The van der Waals surface area contributed by atoms with Crippen molar-refractivity contribution in [3.05, 3.63) is 45.5 Å². The molecule has 0 saturated heterocycles. The summed E-state index contributed by atoms with van der Waals surface area (Å²) in [5.74, 6) is -0.353. The van der Waals surface area contributed by atoms with Crippen LogP contribution in [0.2, 0.25) is 0 Å². The Morgan fingerprint density at radius 2 is 2.19 bits per heavy atom. The molecule has 0 aliphatic heterocycles. The summed E-state index contributed by atoms with van der Waals surface area (Å²) in [6.07, 6.45) is 0.536. The topological polar surface area (TPSA) is 58.9 Å². The standard InChI is InChI=1S/C12H13FN2O/c1-7-9-3-2-8(13)6-11(9)15-12(16)10(7)4-5-14/h2-3,6H,4-5,14H2,1H3,(H,15,16). The van der Waals surface area contributed by atoms with Crippen molar-refractivity contribution in [1.82, 2.24) is 4.98 Å². The normalized spacial score (nSPS) is 10.9. The molecule has 0 unspecified atom stereocenters. The van der Waals surface area contributed by atoms with E-state index in [4.69, 9.17) is 5.73 Å². The smallest absolute Gasteiger partial charge is 0.251 e. The Kier molecular flexibility index (Phi) is 2.75. The lowest BCUT2D eigenvalue weighted by molar-refractivity contribution is 0.629. The minimum absolute atomic E-state index is 0.180. The monoisotopic (exact) mass is 220 g/mol. The molecule has 84 valence electrons. The number of nitrogens with two attached hydrogens (primary N) is 1. The van der Waals surface area contributed by atoms with Crippen LogP contribution < -0.4 is 11.3 Å². The Bertz CT molecular complexity index is 589. The summed E-state index contributed by atoms with van der Waals surface area (Å²) >= 11 is 0. The van der Waals surface area contributed by atoms with E-state index in [-0.39, 0.29) is 11.4 Å². The van der Waals surface area contributed by atoms with Crippen LogP contribution in [0.5, 0.6) is 0 Å². The first-order chi connectivity index (χ1) is 7.63. The van der Waals surface area contributed by atoms with Crippen LogP contribution in [0.1, 0.15) is 11.1 Å². The lowest BCUT2D eigenvalue weighted by Crippen LogP contribution is -2.18. The lowest BCUT2D eigenvalue weighted by Gasteiger charge is -2.07. The number of H-pyrrole nitrogens is 1. The maximum atomic E-state index is 13.0. The van der Waals surface area contributed by atoms with Crippen molar-refractivity contribution in [2.24, 2.45) is 5.73 Å². The Morgan fingerprint density at radius 1 is 1.44 bits per heavy atom. The van der Waals surface area contributed by atoms with Gasteiger partial charge in [0.15, 0.2) is 0 Å². The first kappa shape index (κ1) is 10.8. The summed E-state index contributed by atoms with van der Waals surface area (Å²) in [7, 11) is 0. The van der Waals surface area contributed by atoms with Crippen molar-refractivity contribution in [3.8, 4) is 0 Å². The Hall–Kier alpha value is -1.68. The van der Waals surface area contributed by atoms with Gasteiger partial charge in [-0.3, -0.25) is 4.79 Å². The number of nitrogens with one attached hydrogen (secondary N) is 1. The largest absolute Gasteiger partial charge is 0.330 e.